The Hall–Kier alpha value is -2.82. The topological polar surface area (TPSA) is 61.4 Å². The second-order valence-corrected chi connectivity index (χ2v) is 5.42. The van der Waals surface area contributed by atoms with Gasteiger partial charge in [-0.3, -0.25) is 4.79 Å². The Labute approximate surface area is 136 Å². The van der Waals surface area contributed by atoms with Gasteiger partial charge in [0.05, 0.1) is 6.42 Å². The number of carbonyl (C=O) groups excluding carboxylic acids is 2. The second-order valence-electron chi connectivity index (χ2n) is 5.42. The number of rotatable bonds is 5. The van der Waals surface area contributed by atoms with Crippen molar-refractivity contribution >= 4 is 17.6 Å². The van der Waals surface area contributed by atoms with E-state index in [1.807, 2.05) is 48.5 Å². The Morgan fingerprint density at radius 1 is 0.957 bits per heavy atom. The van der Waals surface area contributed by atoms with Crippen LogP contribution in [-0.2, 0) is 17.8 Å². The van der Waals surface area contributed by atoms with Gasteiger partial charge in [0.25, 0.3) is 0 Å². The number of hydrogen-bond donors (Lipinski definition) is 2. The van der Waals surface area contributed by atoms with Gasteiger partial charge in [0.2, 0.25) is 5.91 Å². The molecule has 23 heavy (non-hydrogen) atoms. The second kappa shape index (κ2) is 7.98. The number of urea groups is 1. The average Bonchev–Trinajstić information content (AvgIpc) is 2.55. The third-order valence-corrected chi connectivity index (χ3v) is 3.40. The maximum atomic E-state index is 12.0. The molecule has 2 N–H and O–H groups in total. The minimum Gasteiger partial charge on any atom is -0.349 e. The zero-order valence-corrected chi connectivity index (χ0v) is 13.4. The van der Waals surface area contributed by atoms with Gasteiger partial charge in [-0.15, -0.1) is 0 Å². The Bertz CT molecular complexity index is 669. The minimum atomic E-state index is -0.293. The van der Waals surface area contributed by atoms with Crippen molar-refractivity contribution in [3.8, 4) is 0 Å². The van der Waals surface area contributed by atoms with E-state index in [2.05, 4.69) is 10.6 Å². The zero-order valence-electron chi connectivity index (χ0n) is 13.4. The molecule has 0 aromatic heterocycles. The summed E-state index contributed by atoms with van der Waals surface area (Å²) >= 11 is 0. The summed E-state index contributed by atoms with van der Waals surface area (Å²) in [6.45, 7) is 0.450. The first-order valence-electron chi connectivity index (χ1n) is 7.43. The van der Waals surface area contributed by atoms with Crippen LogP contribution in [0.25, 0.3) is 0 Å². The zero-order chi connectivity index (χ0) is 16.7. The molecule has 0 fully saturated rings. The molecule has 2 aromatic rings. The number of likely N-dealkylation sites (N-methyl/N-ethyl adjacent to an activating group) is 1. The average molecular weight is 311 g/mol. The molecule has 5 nitrogen and oxygen atoms in total. The lowest BCUT2D eigenvalue weighted by atomic mass is 10.1. The van der Waals surface area contributed by atoms with Gasteiger partial charge in [-0.1, -0.05) is 48.5 Å². The van der Waals surface area contributed by atoms with Crippen LogP contribution in [0.15, 0.2) is 54.6 Å². The molecule has 0 saturated carbocycles. The summed E-state index contributed by atoms with van der Waals surface area (Å²) in [4.78, 5) is 25.4. The fraction of sp³-hybridized carbons (Fsp3) is 0.222. The van der Waals surface area contributed by atoms with E-state index in [1.54, 1.807) is 20.2 Å². The van der Waals surface area contributed by atoms with E-state index in [4.69, 9.17) is 0 Å². The molecule has 3 amide bonds. The summed E-state index contributed by atoms with van der Waals surface area (Å²) in [5.41, 5.74) is 2.47. The molecule has 0 aliphatic heterocycles. The molecule has 0 unspecified atom stereocenters. The van der Waals surface area contributed by atoms with Crippen molar-refractivity contribution in [1.29, 1.82) is 0 Å². The summed E-state index contributed by atoms with van der Waals surface area (Å²) in [7, 11) is 3.43. The van der Waals surface area contributed by atoms with E-state index in [0.717, 1.165) is 11.1 Å². The van der Waals surface area contributed by atoms with Gasteiger partial charge in [0.1, 0.15) is 0 Å². The molecular formula is C18H21N3O2. The maximum absolute atomic E-state index is 12.0. The predicted molar refractivity (Wildman–Crippen MR) is 91.1 cm³/mol. The van der Waals surface area contributed by atoms with Crippen molar-refractivity contribution < 1.29 is 9.59 Å². The standard InChI is InChI=1S/C18H21N3O2/c1-21(2)17(22)12-15-10-6-7-11-16(15)20-18(23)19-13-14-8-4-3-5-9-14/h3-11H,12-13H2,1-2H3,(H2,19,20,23). The smallest absolute Gasteiger partial charge is 0.319 e. The Balaban J connectivity index is 1.96. The summed E-state index contributed by atoms with van der Waals surface area (Å²) < 4.78 is 0. The predicted octanol–water partition coefficient (Wildman–Crippen LogP) is 2.64. The molecule has 0 aliphatic rings. The van der Waals surface area contributed by atoms with Crippen molar-refractivity contribution in [2.24, 2.45) is 0 Å². The fourth-order valence-electron chi connectivity index (χ4n) is 2.06. The quantitative estimate of drug-likeness (QED) is 0.891. The van der Waals surface area contributed by atoms with Crippen molar-refractivity contribution in [2.45, 2.75) is 13.0 Å². The number of carbonyl (C=O) groups is 2. The van der Waals surface area contributed by atoms with Crippen LogP contribution in [0, 0.1) is 0 Å². The molecule has 0 radical (unpaired) electrons. The van der Waals surface area contributed by atoms with E-state index in [0.29, 0.717) is 12.2 Å². The highest BCUT2D eigenvalue weighted by molar-refractivity contribution is 5.91. The third kappa shape index (κ3) is 5.14. The molecule has 0 aliphatic carbocycles. The molecule has 0 bridgehead atoms. The van der Waals surface area contributed by atoms with Crippen LogP contribution in [0.5, 0.6) is 0 Å². The van der Waals surface area contributed by atoms with Crippen molar-refractivity contribution in [1.82, 2.24) is 10.2 Å². The highest BCUT2D eigenvalue weighted by Crippen LogP contribution is 2.16. The van der Waals surface area contributed by atoms with Crippen molar-refractivity contribution in [3.05, 3.63) is 65.7 Å². The molecule has 0 saturated heterocycles. The lowest BCUT2D eigenvalue weighted by Gasteiger charge is -2.14. The van der Waals surface area contributed by atoms with Gasteiger partial charge in [-0.25, -0.2) is 4.79 Å². The molecular weight excluding hydrogens is 290 g/mol. The van der Waals surface area contributed by atoms with Crippen LogP contribution in [0.4, 0.5) is 10.5 Å². The molecule has 0 atom stereocenters. The SMILES string of the molecule is CN(C)C(=O)Cc1ccccc1NC(=O)NCc1ccccc1. The monoisotopic (exact) mass is 311 g/mol. The molecule has 5 heteroatoms. The van der Waals surface area contributed by atoms with Crippen molar-refractivity contribution in [3.63, 3.8) is 0 Å². The fourth-order valence-corrected chi connectivity index (χ4v) is 2.06. The van der Waals surface area contributed by atoms with Crippen LogP contribution in [0.1, 0.15) is 11.1 Å². The van der Waals surface area contributed by atoms with E-state index >= 15 is 0 Å². The number of para-hydroxylation sites is 1. The van der Waals surface area contributed by atoms with Crippen LogP contribution >= 0.6 is 0 Å². The normalized spacial score (nSPS) is 10.0. The van der Waals surface area contributed by atoms with E-state index in [-0.39, 0.29) is 18.4 Å². The Morgan fingerprint density at radius 3 is 2.30 bits per heavy atom. The van der Waals surface area contributed by atoms with E-state index in [9.17, 15) is 9.59 Å². The first-order valence-corrected chi connectivity index (χ1v) is 7.43. The van der Waals surface area contributed by atoms with Crippen LogP contribution in [0.2, 0.25) is 0 Å². The first-order chi connectivity index (χ1) is 11.1. The summed E-state index contributed by atoms with van der Waals surface area (Å²) in [6.07, 6.45) is 0.252. The van der Waals surface area contributed by atoms with Gasteiger partial charge in [-0.2, -0.15) is 0 Å². The third-order valence-electron chi connectivity index (χ3n) is 3.40. The molecule has 2 rings (SSSR count). The van der Waals surface area contributed by atoms with Crippen LogP contribution in [0.3, 0.4) is 0 Å². The van der Waals surface area contributed by atoms with E-state index < -0.39 is 0 Å². The highest BCUT2D eigenvalue weighted by atomic mass is 16.2. The minimum absolute atomic E-state index is 0.0102. The Morgan fingerprint density at radius 2 is 1.61 bits per heavy atom. The van der Waals surface area contributed by atoms with Crippen LogP contribution < -0.4 is 10.6 Å². The van der Waals surface area contributed by atoms with Gasteiger partial charge < -0.3 is 15.5 Å². The number of nitrogens with one attached hydrogen (secondary N) is 2. The van der Waals surface area contributed by atoms with E-state index in [1.165, 1.54) is 4.90 Å². The maximum Gasteiger partial charge on any atom is 0.319 e. The summed E-state index contributed by atoms with van der Waals surface area (Å²) in [6, 6.07) is 16.7. The van der Waals surface area contributed by atoms with Gasteiger partial charge in [0.15, 0.2) is 0 Å². The number of anilines is 1. The lowest BCUT2D eigenvalue weighted by Crippen LogP contribution is -2.29. The number of hydrogen-bond acceptors (Lipinski definition) is 2. The first kappa shape index (κ1) is 16.5. The Kier molecular flexibility index (Phi) is 5.74. The van der Waals surface area contributed by atoms with Gasteiger partial charge >= 0.3 is 6.03 Å². The van der Waals surface area contributed by atoms with Gasteiger partial charge in [0, 0.05) is 26.3 Å². The molecule has 0 spiro atoms. The lowest BCUT2D eigenvalue weighted by molar-refractivity contribution is -0.127. The number of nitrogens with zero attached hydrogens (tertiary/aromatic N) is 1. The number of amides is 3. The molecule has 2 aromatic carbocycles. The summed E-state index contributed by atoms with van der Waals surface area (Å²) in [5, 5.41) is 5.61. The van der Waals surface area contributed by atoms with Crippen molar-refractivity contribution in [2.75, 3.05) is 19.4 Å². The highest BCUT2D eigenvalue weighted by Gasteiger charge is 2.11. The number of benzene rings is 2. The van der Waals surface area contributed by atoms with Crippen LogP contribution in [-0.4, -0.2) is 30.9 Å². The van der Waals surface area contributed by atoms with Gasteiger partial charge in [-0.05, 0) is 17.2 Å². The summed E-state index contributed by atoms with van der Waals surface area (Å²) in [5.74, 6) is -0.0102. The molecule has 120 valence electrons. The molecule has 0 heterocycles. The largest absolute Gasteiger partial charge is 0.349 e.